The van der Waals surface area contributed by atoms with Crippen molar-refractivity contribution < 1.29 is 18.0 Å². The van der Waals surface area contributed by atoms with E-state index >= 15 is 0 Å². The monoisotopic (exact) mass is 380 g/mol. The van der Waals surface area contributed by atoms with Crippen molar-refractivity contribution in [2.45, 2.75) is 19.1 Å². The Bertz CT molecular complexity index is 1070. The van der Waals surface area contributed by atoms with Gasteiger partial charge >= 0.3 is 6.18 Å². The lowest BCUT2D eigenvalue weighted by Gasteiger charge is -2.08. The molecular weight excluding hydrogens is 369 g/mol. The molecule has 4 aromatic rings. The molecule has 4 aromatic heterocycles. The molecule has 0 saturated carbocycles. The van der Waals surface area contributed by atoms with E-state index in [0.717, 1.165) is 17.2 Å². The normalized spacial score (nSPS) is 12.1. The third-order valence-electron chi connectivity index (χ3n) is 3.73. The van der Waals surface area contributed by atoms with E-state index in [1.54, 1.807) is 6.20 Å². The SMILES string of the molecule is O=C(Cc1cn2ccsc2n1)NCc1nnc2ccc(C(F)(F)F)cn12. The van der Waals surface area contributed by atoms with Crippen molar-refractivity contribution >= 4 is 27.9 Å². The van der Waals surface area contributed by atoms with Gasteiger partial charge in [-0.2, -0.15) is 13.2 Å². The highest BCUT2D eigenvalue weighted by Gasteiger charge is 2.31. The molecule has 0 spiro atoms. The van der Waals surface area contributed by atoms with Crippen LogP contribution in [0.5, 0.6) is 0 Å². The molecule has 4 rings (SSSR count). The summed E-state index contributed by atoms with van der Waals surface area (Å²) in [4.78, 5) is 17.2. The summed E-state index contributed by atoms with van der Waals surface area (Å²) in [5.41, 5.74) is 0.0758. The molecule has 7 nitrogen and oxygen atoms in total. The van der Waals surface area contributed by atoms with Gasteiger partial charge in [-0.25, -0.2) is 4.98 Å². The van der Waals surface area contributed by atoms with Crippen LogP contribution >= 0.6 is 11.3 Å². The van der Waals surface area contributed by atoms with Crippen LogP contribution in [0.3, 0.4) is 0 Å². The van der Waals surface area contributed by atoms with E-state index in [9.17, 15) is 18.0 Å². The molecule has 4 heterocycles. The van der Waals surface area contributed by atoms with Crippen molar-refractivity contribution in [1.82, 2.24) is 29.3 Å². The molecule has 0 aliphatic rings. The Kier molecular flexibility index (Phi) is 3.87. The van der Waals surface area contributed by atoms with Gasteiger partial charge in [-0.3, -0.25) is 13.6 Å². The summed E-state index contributed by atoms with van der Waals surface area (Å²) in [6.45, 7) is -0.0382. The Hall–Kier alpha value is -2.95. The Morgan fingerprint density at radius 3 is 2.85 bits per heavy atom. The molecule has 0 aliphatic heterocycles. The van der Waals surface area contributed by atoms with Gasteiger partial charge in [0.1, 0.15) is 0 Å². The number of nitrogens with zero attached hydrogens (tertiary/aromatic N) is 5. The number of carbonyl (C=O) groups excluding carboxylic acids is 1. The maximum atomic E-state index is 12.8. The number of aromatic nitrogens is 5. The lowest BCUT2D eigenvalue weighted by molar-refractivity contribution is -0.137. The largest absolute Gasteiger partial charge is 0.417 e. The number of fused-ring (bicyclic) bond motifs is 2. The van der Waals surface area contributed by atoms with Crippen LogP contribution in [0.4, 0.5) is 13.2 Å². The standard InChI is InChI=1S/C15H11F3N6OS/c16-15(17,18)9-1-2-11-21-22-12(24(11)7-9)6-19-13(25)5-10-8-23-3-4-26-14(23)20-10/h1-4,7-8H,5-6H2,(H,19,25). The van der Waals surface area contributed by atoms with Crippen LogP contribution in [0.2, 0.25) is 0 Å². The molecular formula is C15H11F3N6OS. The Morgan fingerprint density at radius 1 is 1.23 bits per heavy atom. The van der Waals surface area contributed by atoms with Gasteiger partial charge in [-0.15, -0.1) is 21.5 Å². The molecule has 134 valence electrons. The second-order valence-corrected chi connectivity index (χ2v) is 6.41. The number of thiazole rings is 1. The highest BCUT2D eigenvalue weighted by molar-refractivity contribution is 7.15. The van der Waals surface area contributed by atoms with E-state index in [-0.39, 0.29) is 30.3 Å². The molecule has 1 amide bonds. The van der Waals surface area contributed by atoms with E-state index in [1.165, 1.54) is 21.8 Å². The van der Waals surface area contributed by atoms with Gasteiger partial charge in [0.05, 0.1) is 24.2 Å². The first-order valence-electron chi connectivity index (χ1n) is 7.49. The van der Waals surface area contributed by atoms with Gasteiger partial charge in [0.15, 0.2) is 16.4 Å². The predicted molar refractivity (Wildman–Crippen MR) is 86.6 cm³/mol. The topological polar surface area (TPSA) is 76.6 Å². The maximum Gasteiger partial charge on any atom is 0.417 e. The van der Waals surface area contributed by atoms with E-state index < -0.39 is 11.7 Å². The van der Waals surface area contributed by atoms with Crippen molar-refractivity contribution in [3.05, 3.63) is 53.2 Å². The van der Waals surface area contributed by atoms with Crippen LogP contribution in [0.25, 0.3) is 10.6 Å². The zero-order chi connectivity index (χ0) is 18.3. The van der Waals surface area contributed by atoms with Gasteiger partial charge in [-0.05, 0) is 12.1 Å². The molecule has 26 heavy (non-hydrogen) atoms. The molecule has 0 atom stereocenters. The van der Waals surface area contributed by atoms with E-state index in [0.29, 0.717) is 5.69 Å². The Balaban J connectivity index is 1.46. The second kappa shape index (κ2) is 6.09. The summed E-state index contributed by atoms with van der Waals surface area (Å²) in [6.07, 6.45) is 0.120. The van der Waals surface area contributed by atoms with Crippen LogP contribution < -0.4 is 5.32 Å². The average molecular weight is 380 g/mol. The van der Waals surface area contributed by atoms with Gasteiger partial charge in [0.25, 0.3) is 0 Å². The lowest BCUT2D eigenvalue weighted by Crippen LogP contribution is -2.25. The van der Waals surface area contributed by atoms with Crippen LogP contribution in [0, 0.1) is 0 Å². The van der Waals surface area contributed by atoms with E-state index in [4.69, 9.17) is 0 Å². The number of nitrogens with one attached hydrogen (secondary N) is 1. The number of halogens is 3. The number of amides is 1. The van der Waals surface area contributed by atoms with Gasteiger partial charge in [0, 0.05) is 24.0 Å². The fourth-order valence-electron chi connectivity index (χ4n) is 2.49. The molecule has 0 aromatic carbocycles. The van der Waals surface area contributed by atoms with Gasteiger partial charge in [-0.1, -0.05) is 0 Å². The van der Waals surface area contributed by atoms with Crippen molar-refractivity contribution in [2.75, 3.05) is 0 Å². The molecule has 11 heteroatoms. The predicted octanol–water partition coefficient (Wildman–Crippen LogP) is 2.32. The van der Waals surface area contributed by atoms with Gasteiger partial charge < -0.3 is 5.32 Å². The van der Waals surface area contributed by atoms with Crippen LogP contribution in [0.15, 0.2) is 36.1 Å². The third-order valence-corrected chi connectivity index (χ3v) is 4.50. The number of rotatable bonds is 4. The third kappa shape index (κ3) is 3.12. The van der Waals surface area contributed by atoms with Crippen LogP contribution in [-0.2, 0) is 23.9 Å². The first-order chi connectivity index (χ1) is 12.4. The van der Waals surface area contributed by atoms with Crippen LogP contribution in [0.1, 0.15) is 17.1 Å². The number of alkyl halides is 3. The maximum absolute atomic E-state index is 12.8. The van der Waals surface area contributed by atoms with E-state index in [1.807, 2.05) is 16.0 Å². The number of hydrogen-bond donors (Lipinski definition) is 1. The summed E-state index contributed by atoms with van der Waals surface area (Å²) < 4.78 is 41.6. The number of imidazole rings is 1. The Labute approximate surface area is 148 Å². The smallest absolute Gasteiger partial charge is 0.348 e. The molecule has 0 aliphatic carbocycles. The molecule has 0 fully saturated rings. The lowest BCUT2D eigenvalue weighted by atomic mass is 10.3. The van der Waals surface area contributed by atoms with E-state index in [2.05, 4.69) is 20.5 Å². The van der Waals surface area contributed by atoms with Crippen LogP contribution in [-0.4, -0.2) is 29.9 Å². The summed E-state index contributed by atoms with van der Waals surface area (Å²) in [7, 11) is 0. The fourth-order valence-corrected chi connectivity index (χ4v) is 3.21. The minimum atomic E-state index is -4.47. The highest BCUT2D eigenvalue weighted by atomic mass is 32.1. The van der Waals surface area contributed by atoms with Crippen molar-refractivity contribution in [3.8, 4) is 0 Å². The summed E-state index contributed by atoms with van der Waals surface area (Å²) in [6, 6.07) is 2.18. The summed E-state index contributed by atoms with van der Waals surface area (Å²) >= 11 is 1.46. The highest BCUT2D eigenvalue weighted by Crippen LogP contribution is 2.29. The number of hydrogen-bond acceptors (Lipinski definition) is 5. The summed E-state index contributed by atoms with van der Waals surface area (Å²) in [5, 5.41) is 12.2. The minimum absolute atomic E-state index is 0.0382. The minimum Gasteiger partial charge on any atom is -0.348 e. The van der Waals surface area contributed by atoms with Crippen molar-refractivity contribution in [3.63, 3.8) is 0 Å². The quantitative estimate of drug-likeness (QED) is 0.590. The zero-order valence-electron chi connectivity index (χ0n) is 13.1. The first-order valence-corrected chi connectivity index (χ1v) is 8.37. The van der Waals surface area contributed by atoms with Gasteiger partial charge in [0.2, 0.25) is 5.91 Å². The number of carbonyl (C=O) groups is 1. The first kappa shape index (κ1) is 16.5. The number of pyridine rings is 1. The fraction of sp³-hybridized carbons (Fsp3) is 0.200. The second-order valence-electron chi connectivity index (χ2n) is 5.54. The van der Waals surface area contributed by atoms with Crippen molar-refractivity contribution in [1.29, 1.82) is 0 Å². The molecule has 0 bridgehead atoms. The summed E-state index contributed by atoms with van der Waals surface area (Å²) in [5.74, 6) is -0.0928. The zero-order valence-corrected chi connectivity index (χ0v) is 13.9. The molecule has 1 N–H and O–H groups in total. The molecule has 0 radical (unpaired) electrons. The molecule has 0 unspecified atom stereocenters. The Morgan fingerprint density at radius 2 is 2.08 bits per heavy atom. The van der Waals surface area contributed by atoms with Crippen molar-refractivity contribution in [2.24, 2.45) is 0 Å². The molecule has 0 saturated heterocycles. The average Bonchev–Trinajstić information content (AvgIpc) is 3.25.